The van der Waals surface area contributed by atoms with E-state index >= 15 is 0 Å². The molecule has 4 aromatic rings. The first kappa shape index (κ1) is 23.1. The van der Waals surface area contributed by atoms with Gasteiger partial charge in [0.2, 0.25) is 0 Å². The van der Waals surface area contributed by atoms with Gasteiger partial charge in [0.15, 0.2) is 11.2 Å². The Labute approximate surface area is 193 Å². The molecule has 4 rings (SSSR count). The summed E-state index contributed by atoms with van der Waals surface area (Å²) in [5.41, 5.74) is -0.888. The predicted molar refractivity (Wildman–Crippen MR) is 126 cm³/mol. The van der Waals surface area contributed by atoms with Gasteiger partial charge in [0, 0.05) is 18.5 Å². The Morgan fingerprint density at radius 2 is 1.85 bits per heavy atom. The van der Waals surface area contributed by atoms with Crippen LogP contribution in [0.2, 0.25) is 0 Å². The molecule has 0 radical (unpaired) electrons. The zero-order chi connectivity index (χ0) is 24.2. The van der Waals surface area contributed by atoms with Crippen molar-refractivity contribution in [3.8, 4) is 0 Å². The molecule has 1 N–H and O–H groups in total. The van der Waals surface area contributed by atoms with E-state index in [2.05, 4.69) is 15.1 Å². The Morgan fingerprint density at radius 1 is 1.06 bits per heavy atom. The number of nitrogens with one attached hydrogen (secondary N) is 1. The van der Waals surface area contributed by atoms with Crippen LogP contribution in [-0.2, 0) is 35.8 Å². The third-order valence-corrected chi connectivity index (χ3v) is 5.55. The Morgan fingerprint density at radius 3 is 2.62 bits per heavy atom. The lowest BCUT2D eigenvalue weighted by Crippen LogP contribution is -2.31. The second kappa shape index (κ2) is 9.86. The summed E-state index contributed by atoms with van der Waals surface area (Å²) < 4.78 is 9.54. The molecule has 0 bridgehead atoms. The minimum absolute atomic E-state index is 0.211. The molecule has 1 aromatic carbocycles. The van der Waals surface area contributed by atoms with Crippen LogP contribution in [0.3, 0.4) is 0 Å². The van der Waals surface area contributed by atoms with E-state index < -0.39 is 17.2 Å². The predicted octanol–water partition coefficient (Wildman–Crippen LogP) is 1.55. The van der Waals surface area contributed by atoms with Crippen LogP contribution in [0.15, 0.2) is 44.8 Å². The SMILES string of the molecule is CCCCn1c(=O)[nH]c(=O)c2c1nc(COC(=O)Cn1ncc3ccccc3c1=O)n2CCC. The van der Waals surface area contributed by atoms with Crippen molar-refractivity contribution in [1.82, 2.24) is 28.9 Å². The molecule has 0 saturated carbocycles. The van der Waals surface area contributed by atoms with Crippen LogP contribution in [0.25, 0.3) is 21.9 Å². The van der Waals surface area contributed by atoms with Crippen molar-refractivity contribution >= 4 is 27.9 Å². The van der Waals surface area contributed by atoms with E-state index in [1.165, 1.54) is 10.8 Å². The molecule has 3 aromatic heterocycles. The number of nitrogens with zero attached hydrogens (tertiary/aromatic N) is 5. The molecule has 0 fully saturated rings. The number of unbranched alkanes of at least 4 members (excludes halogenated alkanes) is 1. The fourth-order valence-corrected chi connectivity index (χ4v) is 3.87. The zero-order valence-electron chi connectivity index (χ0n) is 19.1. The minimum Gasteiger partial charge on any atom is -0.456 e. The summed E-state index contributed by atoms with van der Waals surface area (Å²) in [7, 11) is 0. The smallest absolute Gasteiger partial charge is 0.330 e. The average Bonchev–Trinajstić information content (AvgIpc) is 3.18. The number of hydrogen-bond donors (Lipinski definition) is 1. The topological polar surface area (TPSA) is 134 Å². The largest absolute Gasteiger partial charge is 0.456 e. The van der Waals surface area contributed by atoms with Crippen molar-refractivity contribution < 1.29 is 9.53 Å². The van der Waals surface area contributed by atoms with Gasteiger partial charge in [-0.1, -0.05) is 38.5 Å². The molecule has 0 aliphatic heterocycles. The Balaban J connectivity index is 1.61. The van der Waals surface area contributed by atoms with Gasteiger partial charge in [0.1, 0.15) is 19.0 Å². The first-order valence-electron chi connectivity index (χ1n) is 11.3. The maximum atomic E-state index is 12.6. The van der Waals surface area contributed by atoms with E-state index in [1.54, 1.807) is 28.8 Å². The molecular formula is C23H26N6O5. The maximum Gasteiger partial charge on any atom is 0.330 e. The highest BCUT2D eigenvalue weighted by Crippen LogP contribution is 2.14. The molecule has 178 valence electrons. The number of ether oxygens (including phenoxy) is 1. The molecule has 0 amide bonds. The molecule has 3 heterocycles. The van der Waals surface area contributed by atoms with Crippen LogP contribution < -0.4 is 16.8 Å². The van der Waals surface area contributed by atoms with E-state index in [9.17, 15) is 19.2 Å². The normalized spacial score (nSPS) is 11.4. The molecule has 0 unspecified atom stereocenters. The number of H-pyrrole nitrogens is 1. The summed E-state index contributed by atoms with van der Waals surface area (Å²) in [5, 5.41) is 5.19. The Bertz CT molecular complexity index is 1530. The molecule has 0 spiro atoms. The lowest BCUT2D eigenvalue weighted by atomic mass is 10.2. The second-order valence-electron chi connectivity index (χ2n) is 7.97. The molecule has 0 aliphatic rings. The quantitative estimate of drug-likeness (QED) is 0.370. The standard InChI is InChI=1S/C23H26N6O5/c1-3-5-11-28-20-19(21(31)26-23(28)33)27(10-4-2)17(25-20)14-34-18(30)13-29-22(32)16-9-7-6-8-15(16)12-24-29/h6-9,12H,3-5,10-11,13-14H2,1-2H3,(H,26,31,33). The van der Waals surface area contributed by atoms with Gasteiger partial charge in [-0.3, -0.25) is 23.9 Å². The van der Waals surface area contributed by atoms with Crippen molar-refractivity contribution in [3.63, 3.8) is 0 Å². The minimum atomic E-state index is -0.669. The second-order valence-corrected chi connectivity index (χ2v) is 7.97. The first-order valence-corrected chi connectivity index (χ1v) is 11.3. The molecule has 11 heteroatoms. The average molecular weight is 466 g/mol. The van der Waals surface area contributed by atoms with Crippen molar-refractivity contribution in [2.75, 3.05) is 0 Å². The fourth-order valence-electron chi connectivity index (χ4n) is 3.87. The monoisotopic (exact) mass is 466 g/mol. The lowest BCUT2D eigenvalue weighted by Gasteiger charge is -2.09. The highest BCUT2D eigenvalue weighted by molar-refractivity contribution is 5.80. The number of fused-ring (bicyclic) bond motifs is 2. The highest BCUT2D eigenvalue weighted by Gasteiger charge is 2.19. The number of aromatic amines is 1. The number of imidazole rings is 1. The highest BCUT2D eigenvalue weighted by atomic mass is 16.5. The third kappa shape index (κ3) is 4.41. The van der Waals surface area contributed by atoms with Gasteiger partial charge >= 0.3 is 11.7 Å². The number of carbonyl (C=O) groups excluding carboxylic acids is 1. The number of esters is 1. The van der Waals surface area contributed by atoms with Gasteiger partial charge in [0.25, 0.3) is 11.1 Å². The summed E-state index contributed by atoms with van der Waals surface area (Å²) in [6, 6.07) is 6.99. The van der Waals surface area contributed by atoms with E-state index in [4.69, 9.17) is 4.74 Å². The van der Waals surface area contributed by atoms with Gasteiger partial charge in [-0.15, -0.1) is 0 Å². The molecule has 11 nitrogen and oxygen atoms in total. The van der Waals surface area contributed by atoms with Crippen LogP contribution in [0.4, 0.5) is 0 Å². The number of aromatic nitrogens is 6. The number of hydrogen-bond acceptors (Lipinski definition) is 7. The van der Waals surface area contributed by atoms with Crippen molar-refractivity contribution in [2.24, 2.45) is 0 Å². The van der Waals surface area contributed by atoms with E-state index in [1.807, 2.05) is 13.8 Å². The van der Waals surface area contributed by atoms with E-state index in [0.29, 0.717) is 36.1 Å². The molecule has 34 heavy (non-hydrogen) atoms. The van der Waals surface area contributed by atoms with Crippen molar-refractivity contribution in [2.45, 2.75) is 59.4 Å². The van der Waals surface area contributed by atoms with E-state index in [-0.39, 0.29) is 29.9 Å². The summed E-state index contributed by atoms with van der Waals surface area (Å²) >= 11 is 0. The molecule has 0 saturated heterocycles. The molecule has 0 atom stereocenters. The summed E-state index contributed by atoms with van der Waals surface area (Å²) in [6.45, 7) is 4.26. The van der Waals surface area contributed by atoms with Gasteiger partial charge in [-0.05, 0) is 18.9 Å². The molecular weight excluding hydrogens is 440 g/mol. The van der Waals surface area contributed by atoms with Crippen LogP contribution in [-0.4, -0.2) is 34.9 Å². The number of rotatable bonds is 9. The summed E-state index contributed by atoms with van der Waals surface area (Å²) in [4.78, 5) is 56.9. The maximum absolute atomic E-state index is 12.6. The summed E-state index contributed by atoms with van der Waals surface area (Å²) in [6.07, 6.45) is 3.84. The van der Waals surface area contributed by atoms with Crippen LogP contribution in [0, 0.1) is 0 Å². The molecule has 0 aliphatic carbocycles. The van der Waals surface area contributed by atoms with Gasteiger partial charge in [-0.2, -0.15) is 5.10 Å². The van der Waals surface area contributed by atoms with Gasteiger partial charge < -0.3 is 9.30 Å². The lowest BCUT2D eigenvalue weighted by molar-refractivity contribution is -0.146. The van der Waals surface area contributed by atoms with Crippen molar-refractivity contribution in [3.05, 3.63) is 67.5 Å². The number of carbonyl (C=O) groups is 1. The fraction of sp³-hybridized carbons (Fsp3) is 0.391. The third-order valence-electron chi connectivity index (χ3n) is 5.55. The Hall–Kier alpha value is -4.02. The van der Waals surface area contributed by atoms with Crippen molar-refractivity contribution in [1.29, 1.82) is 0 Å². The number of aryl methyl sites for hydroxylation is 2. The van der Waals surface area contributed by atoms with Crippen LogP contribution >= 0.6 is 0 Å². The van der Waals surface area contributed by atoms with Crippen LogP contribution in [0.1, 0.15) is 38.9 Å². The van der Waals surface area contributed by atoms with Gasteiger partial charge in [0.05, 0.1) is 11.6 Å². The zero-order valence-corrected chi connectivity index (χ0v) is 19.1. The van der Waals surface area contributed by atoms with Crippen LogP contribution in [0.5, 0.6) is 0 Å². The van der Waals surface area contributed by atoms with E-state index in [0.717, 1.165) is 17.5 Å². The van der Waals surface area contributed by atoms with Gasteiger partial charge in [-0.25, -0.2) is 14.5 Å². The summed E-state index contributed by atoms with van der Waals surface area (Å²) in [5.74, 6) is -0.317. The Kier molecular flexibility index (Phi) is 6.71. The number of benzene rings is 1. The first-order chi connectivity index (χ1) is 16.4.